The second kappa shape index (κ2) is 3.92. The van der Waals surface area contributed by atoms with E-state index >= 15 is 0 Å². The molecule has 5 heteroatoms. The van der Waals surface area contributed by atoms with Crippen LogP contribution in [0.5, 0.6) is 0 Å². The summed E-state index contributed by atoms with van der Waals surface area (Å²) in [4.78, 5) is 11.9. The van der Waals surface area contributed by atoms with Crippen molar-refractivity contribution in [3.05, 3.63) is 17.6 Å². The highest BCUT2D eigenvalue weighted by atomic mass is 32.1. The molecule has 0 bridgehead atoms. The summed E-state index contributed by atoms with van der Waals surface area (Å²) in [5.41, 5.74) is -0.525. The van der Waals surface area contributed by atoms with E-state index in [1.54, 1.807) is 11.3 Å². The first-order valence-corrected chi connectivity index (χ1v) is 6.76. The van der Waals surface area contributed by atoms with Crippen LogP contribution in [0, 0.1) is 0 Å². The standard InChI is InChI=1S/C12H15N3OS/c1-2-4-12(16)7-15(8-12)11-13-6-9-3-5-17-10(9)14-11/h3,5-6,16H,2,4,7-8H2,1H3. The maximum absolute atomic E-state index is 10.1. The van der Waals surface area contributed by atoms with Gasteiger partial charge in [0, 0.05) is 11.6 Å². The SMILES string of the molecule is CCCC1(O)CN(c2ncc3ccsc3n2)C1. The monoisotopic (exact) mass is 249 g/mol. The average molecular weight is 249 g/mol. The molecule has 0 atom stereocenters. The van der Waals surface area contributed by atoms with E-state index in [1.165, 1.54) is 0 Å². The van der Waals surface area contributed by atoms with Crippen molar-refractivity contribution in [2.24, 2.45) is 0 Å². The van der Waals surface area contributed by atoms with Gasteiger partial charge in [0.25, 0.3) is 0 Å². The van der Waals surface area contributed by atoms with Crippen molar-refractivity contribution in [2.75, 3.05) is 18.0 Å². The van der Waals surface area contributed by atoms with Crippen LogP contribution in [0.1, 0.15) is 19.8 Å². The number of fused-ring (bicyclic) bond motifs is 1. The van der Waals surface area contributed by atoms with Crippen LogP contribution >= 0.6 is 11.3 Å². The maximum atomic E-state index is 10.1. The molecule has 0 aromatic carbocycles. The van der Waals surface area contributed by atoms with E-state index < -0.39 is 5.60 Å². The van der Waals surface area contributed by atoms with Crippen molar-refractivity contribution in [2.45, 2.75) is 25.4 Å². The molecule has 3 heterocycles. The van der Waals surface area contributed by atoms with Crippen LogP contribution in [0.3, 0.4) is 0 Å². The quantitative estimate of drug-likeness (QED) is 0.904. The van der Waals surface area contributed by atoms with Crippen LogP contribution < -0.4 is 4.90 Å². The van der Waals surface area contributed by atoms with E-state index in [2.05, 4.69) is 16.9 Å². The average Bonchev–Trinajstić information content (AvgIpc) is 2.72. The molecule has 17 heavy (non-hydrogen) atoms. The van der Waals surface area contributed by atoms with Gasteiger partial charge in [-0.1, -0.05) is 13.3 Å². The van der Waals surface area contributed by atoms with Gasteiger partial charge in [-0.05, 0) is 17.9 Å². The molecule has 1 aliphatic rings. The molecule has 0 aliphatic carbocycles. The number of rotatable bonds is 3. The fraction of sp³-hybridized carbons (Fsp3) is 0.500. The smallest absolute Gasteiger partial charge is 0.226 e. The van der Waals surface area contributed by atoms with Gasteiger partial charge in [0.2, 0.25) is 5.95 Å². The fourth-order valence-corrected chi connectivity index (χ4v) is 3.06. The van der Waals surface area contributed by atoms with Gasteiger partial charge in [-0.25, -0.2) is 9.97 Å². The van der Waals surface area contributed by atoms with E-state index in [9.17, 15) is 5.11 Å². The summed E-state index contributed by atoms with van der Waals surface area (Å²) in [5.74, 6) is 0.737. The van der Waals surface area contributed by atoms with Crippen molar-refractivity contribution in [1.29, 1.82) is 0 Å². The van der Waals surface area contributed by atoms with Crippen molar-refractivity contribution in [3.63, 3.8) is 0 Å². The first-order chi connectivity index (χ1) is 8.20. The summed E-state index contributed by atoms with van der Waals surface area (Å²) in [6, 6.07) is 2.02. The van der Waals surface area contributed by atoms with Gasteiger partial charge in [0.1, 0.15) is 4.83 Å². The van der Waals surface area contributed by atoms with Gasteiger partial charge in [-0.2, -0.15) is 0 Å². The molecule has 3 rings (SSSR count). The lowest BCUT2D eigenvalue weighted by Crippen LogP contribution is -2.62. The van der Waals surface area contributed by atoms with Crippen molar-refractivity contribution in [3.8, 4) is 0 Å². The normalized spacial score (nSPS) is 18.4. The molecule has 1 N–H and O–H groups in total. The third kappa shape index (κ3) is 1.89. The third-order valence-corrected chi connectivity index (χ3v) is 3.99. The van der Waals surface area contributed by atoms with E-state index in [0.717, 1.165) is 29.0 Å². The van der Waals surface area contributed by atoms with Gasteiger partial charge < -0.3 is 10.0 Å². The zero-order valence-corrected chi connectivity index (χ0v) is 10.6. The Morgan fingerprint density at radius 2 is 2.35 bits per heavy atom. The van der Waals surface area contributed by atoms with Gasteiger partial charge in [-0.15, -0.1) is 11.3 Å². The highest BCUT2D eigenvalue weighted by Gasteiger charge is 2.41. The van der Waals surface area contributed by atoms with Gasteiger partial charge in [-0.3, -0.25) is 0 Å². The Bertz CT molecular complexity index is 533. The summed E-state index contributed by atoms with van der Waals surface area (Å²) >= 11 is 1.62. The Balaban J connectivity index is 1.78. The largest absolute Gasteiger partial charge is 0.386 e. The summed E-state index contributed by atoms with van der Waals surface area (Å²) in [6.45, 7) is 3.39. The number of β-amino-alcohol motifs (C(OH)–C–C–N with tert-alkyl or cyclic N) is 1. The number of hydrogen-bond donors (Lipinski definition) is 1. The topological polar surface area (TPSA) is 49.2 Å². The van der Waals surface area contributed by atoms with E-state index in [0.29, 0.717) is 13.1 Å². The lowest BCUT2D eigenvalue weighted by atomic mass is 9.90. The van der Waals surface area contributed by atoms with Crippen LogP contribution in [-0.4, -0.2) is 33.8 Å². The molecule has 0 radical (unpaired) electrons. The summed E-state index contributed by atoms with van der Waals surface area (Å²) in [6.07, 6.45) is 3.71. The Hall–Kier alpha value is -1.20. The van der Waals surface area contributed by atoms with E-state index in [4.69, 9.17) is 0 Å². The van der Waals surface area contributed by atoms with E-state index in [-0.39, 0.29) is 0 Å². The van der Waals surface area contributed by atoms with Crippen LogP contribution in [0.4, 0.5) is 5.95 Å². The van der Waals surface area contributed by atoms with Crippen LogP contribution in [0.2, 0.25) is 0 Å². The van der Waals surface area contributed by atoms with Crippen LogP contribution in [-0.2, 0) is 0 Å². The number of anilines is 1. The zero-order valence-electron chi connectivity index (χ0n) is 9.76. The second-order valence-electron chi connectivity index (χ2n) is 4.68. The molecule has 0 amide bonds. The molecule has 2 aromatic heterocycles. The molecule has 1 aliphatic heterocycles. The highest BCUT2D eigenvalue weighted by Crippen LogP contribution is 2.30. The second-order valence-corrected chi connectivity index (χ2v) is 5.58. The lowest BCUT2D eigenvalue weighted by Gasteiger charge is -2.46. The minimum absolute atomic E-state index is 0.525. The Labute approximate surface area is 104 Å². The minimum atomic E-state index is -0.525. The molecular weight excluding hydrogens is 234 g/mol. The first-order valence-electron chi connectivity index (χ1n) is 5.88. The van der Waals surface area contributed by atoms with Crippen molar-refractivity contribution >= 4 is 27.5 Å². The number of thiophene rings is 1. The predicted molar refractivity (Wildman–Crippen MR) is 69.5 cm³/mol. The van der Waals surface area contributed by atoms with Gasteiger partial charge >= 0.3 is 0 Å². The number of aromatic nitrogens is 2. The summed E-state index contributed by atoms with van der Waals surface area (Å²) < 4.78 is 0. The number of nitrogens with zero attached hydrogens (tertiary/aromatic N) is 3. The molecule has 2 aromatic rings. The number of aliphatic hydroxyl groups is 1. The van der Waals surface area contributed by atoms with E-state index in [1.807, 2.05) is 22.5 Å². The van der Waals surface area contributed by atoms with Crippen LogP contribution in [0.15, 0.2) is 17.6 Å². The van der Waals surface area contributed by atoms with Crippen LogP contribution in [0.25, 0.3) is 10.2 Å². The predicted octanol–water partition coefficient (Wildman–Crippen LogP) is 2.04. The molecule has 0 spiro atoms. The summed E-state index contributed by atoms with van der Waals surface area (Å²) in [5, 5.41) is 13.2. The molecular formula is C12H15N3OS. The first kappa shape index (κ1) is 10.9. The molecule has 0 saturated carbocycles. The zero-order chi connectivity index (χ0) is 11.9. The lowest BCUT2D eigenvalue weighted by molar-refractivity contribution is 0.00249. The molecule has 4 nitrogen and oxygen atoms in total. The molecule has 1 saturated heterocycles. The Morgan fingerprint density at radius 3 is 3.12 bits per heavy atom. The molecule has 1 fully saturated rings. The molecule has 0 unspecified atom stereocenters. The van der Waals surface area contributed by atoms with Gasteiger partial charge in [0.05, 0.1) is 18.7 Å². The van der Waals surface area contributed by atoms with Crippen molar-refractivity contribution in [1.82, 2.24) is 9.97 Å². The highest BCUT2D eigenvalue weighted by molar-refractivity contribution is 7.16. The minimum Gasteiger partial charge on any atom is -0.386 e. The van der Waals surface area contributed by atoms with Gasteiger partial charge in [0.15, 0.2) is 0 Å². The Kier molecular flexibility index (Phi) is 2.52. The fourth-order valence-electron chi connectivity index (χ4n) is 2.33. The third-order valence-electron chi connectivity index (χ3n) is 3.16. The van der Waals surface area contributed by atoms with Crippen molar-refractivity contribution < 1.29 is 5.11 Å². The summed E-state index contributed by atoms with van der Waals surface area (Å²) in [7, 11) is 0. The maximum Gasteiger partial charge on any atom is 0.226 e. The number of hydrogen-bond acceptors (Lipinski definition) is 5. The Morgan fingerprint density at radius 1 is 1.53 bits per heavy atom. The molecule has 90 valence electrons.